The van der Waals surface area contributed by atoms with Crippen molar-refractivity contribution in [3.8, 4) is 5.75 Å². The molecule has 0 radical (unpaired) electrons. The molecule has 0 amide bonds. The predicted molar refractivity (Wildman–Crippen MR) is 115 cm³/mol. The second-order valence-electron chi connectivity index (χ2n) is 9.05. The average Bonchev–Trinajstić information content (AvgIpc) is 3.43. The third-order valence-electron chi connectivity index (χ3n) is 7.01. The summed E-state index contributed by atoms with van der Waals surface area (Å²) in [5.74, 6) is 1.62. The Labute approximate surface area is 174 Å². The van der Waals surface area contributed by atoms with E-state index in [2.05, 4.69) is 64.8 Å². The van der Waals surface area contributed by atoms with E-state index in [1.165, 1.54) is 24.0 Å². The first-order valence-corrected chi connectivity index (χ1v) is 11.0. The molecule has 0 aromatic heterocycles. The summed E-state index contributed by atoms with van der Waals surface area (Å²) in [4.78, 5) is 2.56. The lowest BCUT2D eigenvalue weighted by Crippen LogP contribution is -2.44. The zero-order valence-electron chi connectivity index (χ0n) is 17.3. The van der Waals surface area contributed by atoms with Crippen molar-refractivity contribution < 1.29 is 9.47 Å². The number of methoxy groups -OCH3 is 1. The van der Waals surface area contributed by atoms with Gasteiger partial charge in [0.15, 0.2) is 0 Å². The fourth-order valence-corrected chi connectivity index (χ4v) is 5.16. The van der Waals surface area contributed by atoms with Crippen LogP contribution in [0.1, 0.15) is 42.7 Å². The number of hydrogen-bond acceptors (Lipinski definition) is 4. The zero-order chi connectivity index (χ0) is 19.7. The standard InChI is InChI=1S/C25H32N2O2/c1-28-22-9-7-19(8-10-22)17-27-13-11-25(12-14-27)16-21(18-29-25)26-24-15-23(24)20-5-3-2-4-6-20/h2-10,21,23-24,26H,11-18H2,1H3/t21?,23-,24+/m0/s1. The van der Waals surface area contributed by atoms with Crippen LogP contribution in [0.3, 0.4) is 0 Å². The van der Waals surface area contributed by atoms with E-state index in [1.54, 1.807) is 7.11 Å². The molecule has 0 bridgehead atoms. The van der Waals surface area contributed by atoms with Crippen LogP contribution in [0.5, 0.6) is 5.75 Å². The summed E-state index contributed by atoms with van der Waals surface area (Å²) in [6.45, 7) is 4.13. The van der Waals surface area contributed by atoms with Gasteiger partial charge in [-0.2, -0.15) is 0 Å². The molecule has 3 aliphatic rings. The van der Waals surface area contributed by atoms with Gasteiger partial charge < -0.3 is 14.8 Å². The summed E-state index contributed by atoms with van der Waals surface area (Å²) in [6, 6.07) is 20.5. The molecule has 5 rings (SSSR count). The van der Waals surface area contributed by atoms with Crippen molar-refractivity contribution in [1.82, 2.24) is 10.2 Å². The molecule has 2 aromatic carbocycles. The van der Waals surface area contributed by atoms with Gasteiger partial charge in [0.25, 0.3) is 0 Å². The summed E-state index contributed by atoms with van der Waals surface area (Å²) in [7, 11) is 1.72. The first kappa shape index (κ1) is 19.1. The molecule has 1 N–H and O–H groups in total. The van der Waals surface area contributed by atoms with E-state index < -0.39 is 0 Å². The topological polar surface area (TPSA) is 33.7 Å². The van der Waals surface area contributed by atoms with Gasteiger partial charge >= 0.3 is 0 Å². The summed E-state index contributed by atoms with van der Waals surface area (Å²) in [5.41, 5.74) is 2.94. The van der Waals surface area contributed by atoms with Gasteiger partial charge in [0.2, 0.25) is 0 Å². The number of likely N-dealkylation sites (tertiary alicyclic amines) is 1. The Bertz CT molecular complexity index is 799. The Morgan fingerprint density at radius 1 is 1.07 bits per heavy atom. The molecule has 1 unspecified atom stereocenters. The highest BCUT2D eigenvalue weighted by Gasteiger charge is 2.46. The van der Waals surface area contributed by atoms with Gasteiger partial charge in [0.05, 0.1) is 19.3 Å². The van der Waals surface area contributed by atoms with Crippen LogP contribution in [0.2, 0.25) is 0 Å². The third-order valence-corrected chi connectivity index (χ3v) is 7.01. The summed E-state index contributed by atoms with van der Waals surface area (Å²) >= 11 is 0. The Kier molecular flexibility index (Phi) is 5.33. The minimum Gasteiger partial charge on any atom is -0.497 e. The molecule has 2 aromatic rings. The molecule has 3 fully saturated rings. The van der Waals surface area contributed by atoms with Crippen molar-refractivity contribution in [3.63, 3.8) is 0 Å². The van der Waals surface area contributed by atoms with Gasteiger partial charge in [-0.15, -0.1) is 0 Å². The quantitative estimate of drug-likeness (QED) is 0.807. The molecule has 2 heterocycles. The van der Waals surface area contributed by atoms with E-state index in [4.69, 9.17) is 9.47 Å². The van der Waals surface area contributed by atoms with E-state index >= 15 is 0 Å². The number of rotatable bonds is 6. The molecule has 1 spiro atoms. The Balaban J connectivity index is 1.09. The average molecular weight is 393 g/mol. The van der Waals surface area contributed by atoms with Crippen LogP contribution in [-0.2, 0) is 11.3 Å². The van der Waals surface area contributed by atoms with Crippen molar-refractivity contribution >= 4 is 0 Å². The maximum Gasteiger partial charge on any atom is 0.118 e. The van der Waals surface area contributed by atoms with Gasteiger partial charge in [-0.25, -0.2) is 0 Å². The van der Waals surface area contributed by atoms with Crippen molar-refractivity contribution in [3.05, 3.63) is 65.7 Å². The molecule has 2 aliphatic heterocycles. The Morgan fingerprint density at radius 3 is 2.55 bits per heavy atom. The summed E-state index contributed by atoms with van der Waals surface area (Å²) < 4.78 is 11.6. The molecule has 154 valence electrons. The van der Waals surface area contributed by atoms with Gasteiger partial charge in [0.1, 0.15) is 5.75 Å². The molecule has 4 heteroatoms. The van der Waals surface area contributed by atoms with Crippen LogP contribution in [0.25, 0.3) is 0 Å². The van der Waals surface area contributed by atoms with Crippen LogP contribution in [-0.4, -0.2) is 49.4 Å². The van der Waals surface area contributed by atoms with E-state index in [1.807, 2.05) is 0 Å². The third kappa shape index (κ3) is 4.35. The van der Waals surface area contributed by atoms with Crippen LogP contribution in [0.4, 0.5) is 0 Å². The SMILES string of the molecule is COc1ccc(CN2CCC3(CC2)CC(N[C@@H]2C[C@H]2c2ccccc2)CO3)cc1. The number of benzene rings is 2. The van der Waals surface area contributed by atoms with Crippen LogP contribution < -0.4 is 10.1 Å². The number of nitrogens with zero attached hydrogens (tertiary/aromatic N) is 1. The molecule has 2 saturated heterocycles. The highest BCUT2D eigenvalue weighted by molar-refractivity contribution is 5.28. The second-order valence-corrected chi connectivity index (χ2v) is 9.05. The van der Waals surface area contributed by atoms with Crippen LogP contribution in [0, 0.1) is 0 Å². The van der Waals surface area contributed by atoms with E-state index in [0.29, 0.717) is 18.0 Å². The van der Waals surface area contributed by atoms with Gasteiger partial charge in [-0.1, -0.05) is 42.5 Å². The number of hydrogen-bond donors (Lipinski definition) is 1. The minimum atomic E-state index is 0.102. The molecule has 3 atom stereocenters. The lowest BCUT2D eigenvalue weighted by molar-refractivity contribution is -0.0449. The van der Waals surface area contributed by atoms with Gasteiger partial charge in [0, 0.05) is 37.6 Å². The first-order chi connectivity index (χ1) is 14.2. The van der Waals surface area contributed by atoms with E-state index in [0.717, 1.165) is 44.8 Å². The number of nitrogens with one attached hydrogen (secondary N) is 1. The van der Waals surface area contributed by atoms with Gasteiger partial charge in [-0.05, 0) is 48.9 Å². The highest BCUT2D eigenvalue weighted by atomic mass is 16.5. The smallest absolute Gasteiger partial charge is 0.118 e. The fourth-order valence-electron chi connectivity index (χ4n) is 5.16. The largest absolute Gasteiger partial charge is 0.497 e. The number of piperidine rings is 1. The van der Waals surface area contributed by atoms with E-state index in [-0.39, 0.29) is 5.60 Å². The first-order valence-electron chi connectivity index (χ1n) is 11.0. The van der Waals surface area contributed by atoms with Crippen molar-refractivity contribution in [2.24, 2.45) is 0 Å². The maximum absolute atomic E-state index is 6.39. The molecule has 4 nitrogen and oxygen atoms in total. The van der Waals surface area contributed by atoms with Gasteiger partial charge in [-0.3, -0.25) is 4.90 Å². The Morgan fingerprint density at radius 2 is 1.83 bits per heavy atom. The highest BCUT2D eigenvalue weighted by Crippen LogP contribution is 2.43. The van der Waals surface area contributed by atoms with Crippen LogP contribution >= 0.6 is 0 Å². The monoisotopic (exact) mass is 392 g/mol. The lowest BCUT2D eigenvalue weighted by Gasteiger charge is -2.38. The molecule has 29 heavy (non-hydrogen) atoms. The van der Waals surface area contributed by atoms with Crippen LogP contribution in [0.15, 0.2) is 54.6 Å². The second kappa shape index (κ2) is 8.10. The molecule has 1 aliphatic carbocycles. The fraction of sp³-hybridized carbons (Fsp3) is 0.520. The van der Waals surface area contributed by atoms with Crippen molar-refractivity contribution in [2.75, 3.05) is 26.8 Å². The van der Waals surface area contributed by atoms with Crippen molar-refractivity contribution in [1.29, 1.82) is 0 Å². The normalized spacial score (nSPS) is 28.5. The summed E-state index contributed by atoms with van der Waals surface area (Å²) in [5, 5.41) is 3.88. The zero-order valence-corrected chi connectivity index (χ0v) is 17.3. The number of ether oxygens (including phenoxy) is 2. The molecular formula is C25H32N2O2. The van der Waals surface area contributed by atoms with Crippen molar-refractivity contribution in [2.45, 2.75) is 55.8 Å². The minimum absolute atomic E-state index is 0.102. The molecular weight excluding hydrogens is 360 g/mol. The molecule has 1 saturated carbocycles. The summed E-state index contributed by atoms with van der Waals surface area (Å²) in [6.07, 6.45) is 4.73. The maximum atomic E-state index is 6.39. The predicted octanol–water partition coefficient (Wildman–Crippen LogP) is 3.96. The lowest BCUT2D eigenvalue weighted by atomic mass is 9.87. The van der Waals surface area contributed by atoms with E-state index in [9.17, 15) is 0 Å². The Hall–Kier alpha value is -1.88.